The van der Waals surface area contributed by atoms with Crippen LogP contribution in [0.5, 0.6) is 5.75 Å². The zero-order valence-electron chi connectivity index (χ0n) is 17.7. The number of benzene rings is 2. The fourth-order valence-electron chi connectivity index (χ4n) is 4.28. The maximum Gasteiger partial charge on any atom is 0.340 e. The second-order valence-electron chi connectivity index (χ2n) is 8.35. The lowest BCUT2D eigenvalue weighted by molar-refractivity contribution is 0.0592. The van der Waals surface area contributed by atoms with Gasteiger partial charge in [0, 0.05) is 23.7 Å². The summed E-state index contributed by atoms with van der Waals surface area (Å²) in [6.07, 6.45) is 3.66. The number of ether oxygens (including phenoxy) is 2. The number of piperidine rings is 1. The molecule has 0 bridgehead atoms. The van der Waals surface area contributed by atoms with E-state index < -0.39 is 11.8 Å². The van der Waals surface area contributed by atoms with Gasteiger partial charge in [-0.15, -0.1) is 0 Å². The van der Waals surface area contributed by atoms with Crippen LogP contribution >= 0.6 is 11.6 Å². The molecule has 1 heterocycles. The molecule has 1 saturated carbocycles. The van der Waals surface area contributed by atoms with E-state index in [-0.39, 0.29) is 29.4 Å². The standard InChI is InChI=1S/C24H26ClF2NO3/c1-14(18-8-7-16(26)10-21(18)25)28-9-3-4-17(13-28)31-23-12-22(27)20(24(29)30-2)11-19(23)15-5-6-15/h7-8,10-12,14-15,17H,3-6,9,13H2,1-2H3/t14-,17+/m0/s1. The van der Waals surface area contributed by atoms with Crippen molar-refractivity contribution in [2.75, 3.05) is 20.2 Å². The van der Waals surface area contributed by atoms with Crippen LogP contribution in [0.3, 0.4) is 0 Å². The van der Waals surface area contributed by atoms with Gasteiger partial charge in [-0.2, -0.15) is 0 Å². The molecule has 4 rings (SSSR count). The molecular weight excluding hydrogens is 424 g/mol. The van der Waals surface area contributed by atoms with Crippen LogP contribution in [0, 0.1) is 11.6 Å². The first-order valence-electron chi connectivity index (χ1n) is 10.6. The molecule has 1 aliphatic carbocycles. The third kappa shape index (κ3) is 4.85. The van der Waals surface area contributed by atoms with Gasteiger partial charge in [0.25, 0.3) is 0 Å². The molecule has 1 aliphatic heterocycles. The number of carbonyl (C=O) groups excluding carboxylic acids is 1. The number of likely N-dealkylation sites (tertiary alicyclic amines) is 1. The van der Waals surface area contributed by atoms with Crippen molar-refractivity contribution in [2.24, 2.45) is 0 Å². The van der Waals surface area contributed by atoms with Gasteiger partial charge in [-0.25, -0.2) is 13.6 Å². The van der Waals surface area contributed by atoms with Gasteiger partial charge in [-0.3, -0.25) is 4.90 Å². The van der Waals surface area contributed by atoms with E-state index in [1.54, 1.807) is 12.1 Å². The summed E-state index contributed by atoms with van der Waals surface area (Å²) in [5, 5.41) is 0.409. The first-order chi connectivity index (χ1) is 14.9. The zero-order valence-corrected chi connectivity index (χ0v) is 18.4. The number of halogens is 3. The summed E-state index contributed by atoms with van der Waals surface area (Å²) in [7, 11) is 1.24. The van der Waals surface area contributed by atoms with E-state index in [0.717, 1.165) is 43.4 Å². The molecule has 2 aliphatic rings. The molecule has 1 saturated heterocycles. The quantitative estimate of drug-likeness (QED) is 0.516. The van der Waals surface area contributed by atoms with E-state index in [9.17, 15) is 13.6 Å². The summed E-state index contributed by atoms with van der Waals surface area (Å²) in [5.41, 5.74) is 1.69. The molecule has 2 aromatic rings. The minimum absolute atomic E-state index is 0.000777. The van der Waals surface area contributed by atoms with Crippen LogP contribution in [0.25, 0.3) is 0 Å². The molecule has 2 atom stereocenters. The number of rotatable bonds is 6. The van der Waals surface area contributed by atoms with Gasteiger partial charge in [0.15, 0.2) is 0 Å². The van der Waals surface area contributed by atoms with Gasteiger partial charge < -0.3 is 9.47 Å². The third-order valence-electron chi connectivity index (χ3n) is 6.19. The molecule has 4 nitrogen and oxygen atoms in total. The van der Waals surface area contributed by atoms with E-state index in [1.165, 1.54) is 25.3 Å². The van der Waals surface area contributed by atoms with Crippen molar-refractivity contribution in [3.05, 3.63) is 63.7 Å². The fraction of sp³-hybridized carbons (Fsp3) is 0.458. The van der Waals surface area contributed by atoms with Crippen molar-refractivity contribution < 1.29 is 23.0 Å². The highest BCUT2D eigenvalue weighted by Crippen LogP contribution is 2.45. The van der Waals surface area contributed by atoms with Crippen LogP contribution in [-0.2, 0) is 4.74 Å². The highest BCUT2D eigenvalue weighted by Gasteiger charge is 2.32. The Kier molecular flexibility index (Phi) is 6.49. The number of esters is 1. The fourth-order valence-corrected chi connectivity index (χ4v) is 4.61. The number of carbonyl (C=O) groups is 1. The lowest BCUT2D eigenvalue weighted by Gasteiger charge is -2.37. The Hall–Kier alpha value is -2.18. The lowest BCUT2D eigenvalue weighted by atomic mass is 10.0. The van der Waals surface area contributed by atoms with E-state index in [2.05, 4.69) is 4.90 Å². The van der Waals surface area contributed by atoms with Gasteiger partial charge in [0.1, 0.15) is 23.5 Å². The highest BCUT2D eigenvalue weighted by atomic mass is 35.5. The van der Waals surface area contributed by atoms with E-state index in [4.69, 9.17) is 21.1 Å². The Labute approximate surface area is 186 Å². The Morgan fingerprint density at radius 1 is 1.19 bits per heavy atom. The van der Waals surface area contributed by atoms with Crippen LogP contribution < -0.4 is 4.74 Å². The molecule has 2 aromatic carbocycles. The first kappa shape index (κ1) is 22.0. The van der Waals surface area contributed by atoms with E-state index in [1.807, 2.05) is 6.92 Å². The summed E-state index contributed by atoms with van der Waals surface area (Å²) in [5.74, 6) is -0.876. The SMILES string of the molecule is COC(=O)c1cc(C2CC2)c(O[C@@H]2CCCN([C@@H](C)c3ccc(F)cc3Cl)C2)cc1F. The topological polar surface area (TPSA) is 38.8 Å². The van der Waals surface area contributed by atoms with Crippen molar-refractivity contribution in [3.63, 3.8) is 0 Å². The van der Waals surface area contributed by atoms with Gasteiger partial charge in [-0.1, -0.05) is 17.7 Å². The minimum atomic E-state index is -0.681. The predicted molar refractivity (Wildman–Crippen MR) is 115 cm³/mol. The first-order valence-corrected chi connectivity index (χ1v) is 11.0. The van der Waals surface area contributed by atoms with Crippen molar-refractivity contribution in [1.82, 2.24) is 4.90 Å². The molecule has 0 aromatic heterocycles. The van der Waals surface area contributed by atoms with Crippen LogP contribution in [-0.4, -0.2) is 37.2 Å². The van der Waals surface area contributed by atoms with Crippen LogP contribution in [0.2, 0.25) is 5.02 Å². The van der Waals surface area contributed by atoms with Gasteiger partial charge in [-0.05, 0) is 74.4 Å². The maximum absolute atomic E-state index is 14.6. The average molecular weight is 450 g/mol. The van der Waals surface area contributed by atoms with Crippen molar-refractivity contribution in [1.29, 1.82) is 0 Å². The van der Waals surface area contributed by atoms with Gasteiger partial charge in [0.2, 0.25) is 0 Å². The predicted octanol–water partition coefficient (Wildman–Crippen LogP) is 5.89. The van der Waals surface area contributed by atoms with Crippen LogP contribution in [0.1, 0.15) is 66.1 Å². The normalized spacial score (nSPS) is 20.4. The van der Waals surface area contributed by atoms with Crippen molar-refractivity contribution >= 4 is 17.6 Å². The zero-order chi connectivity index (χ0) is 22.1. The average Bonchev–Trinajstić information content (AvgIpc) is 3.58. The number of nitrogens with zero attached hydrogens (tertiary/aromatic N) is 1. The Bertz CT molecular complexity index is 980. The molecule has 166 valence electrons. The second-order valence-corrected chi connectivity index (χ2v) is 8.76. The Morgan fingerprint density at radius 2 is 1.97 bits per heavy atom. The van der Waals surface area contributed by atoms with Crippen LogP contribution in [0.15, 0.2) is 30.3 Å². The summed E-state index contributed by atoms with van der Waals surface area (Å²) < 4.78 is 39.0. The molecule has 0 unspecified atom stereocenters. The molecule has 0 N–H and O–H groups in total. The van der Waals surface area contributed by atoms with Crippen LogP contribution in [0.4, 0.5) is 8.78 Å². The third-order valence-corrected chi connectivity index (χ3v) is 6.51. The summed E-state index contributed by atoms with van der Waals surface area (Å²) in [6, 6.07) is 7.37. The summed E-state index contributed by atoms with van der Waals surface area (Å²) in [4.78, 5) is 14.1. The van der Waals surface area contributed by atoms with Gasteiger partial charge >= 0.3 is 5.97 Å². The number of methoxy groups -OCH3 is 1. The van der Waals surface area contributed by atoms with Crippen molar-refractivity contribution in [2.45, 2.75) is 50.7 Å². The minimum Gasteiger partial charge on any atom is -0.489 e. The lowest BCUT2D eigenvalue weighted by Crippen LogP contribution is -2.42. The maximum atomic E-state index is 14.6. The molecule has 0 spiro atoms. The number of hydrogen-bond acceptors (Lipinski definition) is 4. The van der Waals surface area contributed by atoms with Gasteiger partial charge in [0.05, 0.1) is 12.7 Å². The summed E-state index contributed by atoms with van der Waals surface area (Å²) >= 11 is 6.26. The molecule has 7 heteroatoms. The molecule has 2 fully saturated rings. The number of hydrogen-bond donors (Lipinski definition) is 0. The highest BCUT2D eigenvalue weighted by molar-refractivity contribution is 6.31. The summed E-state index contributed by atoms with van der Waals surface area (Å²) in [6.45, 7) is 3.57. The molecule has 31 heavy (non-hydrogen) atoms. The molecule has 0 amide bonds. The van der Waals surface area contributed by atoms with Crippen molar-refractivity contribution in [3.8, 4) is 5.75 Å². The second kappa shape index (κ2) is 9.13. The van der Waals surface area contributed by atoms with E-state index >= 15 is 0 Å². The Balaban J connectivity index is 1.52. The Morgan fingerprint density at radius 3 is 2.65 bits per heavy atom. The monoisotopic (exact) mass is 449 g/mol. The largest absolute Gasteiger partial charge is 0.489 e. The molecule has 0 radical (unpaired) electrons. The van der Waals surface area contributed by atoms with E-state index in [0.29, 0.717) is 17.3 Å². The smallest absolute Gasteiger partial charge is 0.340 e. The molecular formula is C24H26ClF2NO3.